The zero-order valence-electron chi connectivity index (χ0n) is 15.0. The van der Waals surface area contributed by atoms with E-state index in [-0.39, 0.29) is 25.7 Å². The van der Waals surface area contributed by atoms with Crippen molar-refractivity contribution in [1.29, 1.82) is 0 Å². The van der Waals surface area contributed by atoms with Crippen LogP contribution in [0.2, 0.25) is 5.02 Å². The number of nitrogens with one attached hydrogen (secondary N) is 1. The summed E-state index contributed by atoms with van der Waals surface area (Å²) >= 11 is 6.08. The molecule has 2 aromatic rings. The topological polar surface area (TPSA) is 91.8 Å². The van der Waals surface area contributed by atoms with Crippen molar-refractivity contribution in [3.8, 4) is 0 Å². The average molecular weight is 392 g/mol. The second-order valence-corrected chi connectivity index (χ2v) is 6.28. The Bertz CT molecular complexity index is 768. The van der Waals surface area contributed by atoms with Gasteiger partial charge in [-0.15, -0.1) is 0 Å². The number of pyridine rings is 1. The van der Waals surface area contributed by atoms with Crippen LogP contribution in [-0.2, 0) is 22.6 Å². The summed E-state index contributed by atoms with van der Waals surface area (Å²) in [4.78, 5) is 29.4. The van der Waals surface area contributed by atoms with Gasteiger partial charge in [-0.1, -0.05) is 35.9 Å². The van der Waals surface area contributed by atoms with E-state index in [2.05, 4.69) is 10.3 Å². The molecule has 2 amide bonds. The highest BCUT2D eigenvalue weighted by Gasteiger charge is 2.11. The lowest BCUT2D eigenvalue weighted by Gasteiger charge is -2.17. The minimum absolute atomic E-state index is 0.0554. The predicted octanol–water partition coefficient (Wildman–Crippen LogP) is 2.87. The third kappa shape index (κ3) is 6.88. The highest BCUT2D eigenvalue weighted by molar-refractivity contribution is 6.31. The van der Waals surface area contributed by atoms with Gasteiger partial charge in [0.15, 0.2) is 0 Å². The molecular formula is C19H22ClN3O4. The van der Waals surface area contributed by atoms with Crippen LogP contribution in [-0.4, -0.2) is 47.2 Å². The highest BCUT2D eigenvalue weighted by Crippen LogP contribution is 2.16. The molecule has 0 fully saturated rings. The maximum absolute atomic E-state index is 12.2. The summed E-state index contributed by atoms with van der Waals surface area (Å²) in [5, 5.41) is 12.1. The van der Waals surface area contributed by atoms with E-state index in [0.29, 0.717) is 29.2 Å². The number of ether oxygens (including phenoxy) is 1. The molecule has 0 bridgehead atoms. The Morgan fingerprint density at radius 3 is 2.70 bits per heavy atom. The van der Waals surface area contributed by atoms with Crippen molar-refractivity contribution in [1.82, 2.24) is 9.88 Å². The number of hydrogen-bond donors (Lipinski definition) is 2. The van der Waals surface area contributed by atoms with Crippen LogP contribution in [0, 0.1) is 0 Å². The van der Waals surface area contributed by atoms with Crippen molar-refractivity contribution < 1.29 is 19.4 Å². The van der Waals surface area contributed by atoms with Crippen LogP contribution in [0.4, 0.5) is 10.6 Å². The van der Waals surface area contributed by atoms with Gasteiger partial charge in [0.1, 0.15) is 12.4 Å². The van der Waals surface area contributed by atoms with Gasteiger partial charge in [-0.25, -0.2) is 9.78 Å². The highest BCUT2D eigenvalue weighted by atomic mass is 35.5. The maximum Gasteiger partial charge on any atom is 0.412 e. The largest absolute Gasteiger partial charge is 0.447 e. The second kappa shape index (κ2) is 10.5. The molecule has 0 unspecified atom stereocenters. The van der Waals surface area contributed by atoms with E-state index in [1.54, 1.807) is 25.2 Å². The molecule has 0 saturated heterocycles. The standard InChI is InChI=1S/C19H22ClN3O4/c1-23(18(25)9-7-15-4-2-3-5-16(15)20)10-11-27-19(26)22-17-8-6-14(13-24)12-21-17/h2-6,8,12,24H,7,9-11,13H2,1H3,(H,21,22,26). The number of rotatable bonds is 8. The summed E-state index contributed by atoms with van der Waals surface area (Å²) in [5.74, 6) is 0.265. The number of aliphatic hydroxyl groups excluding tert-OH is 1. The zero-order valence-corrected chi connectivity index (χ0v) is 15.8. The first-order valence-electron chi connectivity index (χ1n) is 8.46. The number of aliphatic hydroxyl groups is 1. The molecule has 0 saturated carbocycles. The van der Waals surface area contributed by atoms with E-state index >= 15 is 0 Å². The number of anilines is 1. The second-order valence-electron chi connectivity index (χ2n) is 5.88. The normalized spacial score (nSPS) is 10.3. The minimum Gasteiger partial charge on any atom is -0.447 e. The molecule has 1 aromatic heterocycles. The third-order valence-corrected chi connectivity index (χ3v) is 4.26. The van der Waals surface area contributed by atoms with Gasteiger partial charge in [0.2, 0.25) is 5.91 Å². The molecule has 0 aliphatic rings. The fraction of sp³-hybridized carbons (Fsp3) is 0.316. The van der Waals surface area contributed by atoms with Crippen molar-refractivity contribution in [3.63, 3.8) is 0 Å². The molecule has 1 aromatic carbocycles. The first kappa shape index (κ1) is 20.7. The lowest BCUT2D eigenvalue weighted by molar-refractivity contribution is -0.130. The van der Waals surface area contributed by atoms with Crippen molar-refractivity contribution in [2.24, 2.45) is 0 Å². The Hall–Kier alpha value is -2.64. The summed E-state index contributed by atoms with van der Waals surface area (Å²) in [6.07, 6.45) is 1.69. The molecule has 0 spiro atoms. The molecule has 27 heavy (non-hydrogen) atoms. The van der Waals surface area contributed by atoms with Crippen LogP contribution >= 0.6 is 11.6 Å². The zero-order chi connectivity index (χ0) is 19.6. The number of benzene rings is 1. The van der Waals surface area contributed by atoms with Crippen molar-refractivity contribution in [2.75, 3.05) is 25.5 Å². The molecule has 8 heteroatoms. The Labute approximate surface area is 162 Å². The summed E-state index contributed by atoms with van der Waals surface area (Å²) in [5.41, 5.74) is 1.57. The van der Waals surface area contributed by atoms with Gasteiger partial charge in [0.05, 0.1) is 13.2 Å². The van der Waals surface area contributed by atoms with Gasteiger partial charge in [-0.2, -0.15) is 0 Å². The average Bonchev–Trinajstić information content (AvgIpc) is 2.67. The number of aromatic nitrogens is 1. The van der Waals surface area contributed by atoms with Gasteiger partial charge in [0, 0.05) is 24.7 Å². The van der Waals surface area contributed by atoms with Crippen molar-refractivity contribution >= 4 is 29.4 Å². The van der Waals surface area contributed by atoms with Crippen LogP contribution in [0.3, 0.4) is 0 Å². The molecule has 2 rings (SSSR count). The van der Waals surface area contributed by atoms with E-state index in [1.807, 2.05) is 18.2 Å². The van der Waals surface area contributed by atoms with Crippen LogP contribution in [0.15, 0.2) is 42.6 Å². The quantitative estimate of drug-likeness (QED) is 0.721. The van der Waals surface area contributed by atoms with E-state index < -0.39 is 6.09 Å². The lowest BCUT2D eigenvalue weighted by atomic mass is 10.1. The predicted molar refractivity (Wildman–Crippen MR) is 103 cm³/mol. The number of amides is 2. The third-order valence-electron chi connectivity index (χ3n) is 3.89. The molecule has 2 N–H and O–H groups in total. The molecule has 0 radical (unpaired) electrons. The number of carbonyl (C=O) groups excluding carboxylic acids is 2. The summed E-state index contributed by atoms with van der Waals surface area (Å²) in [7, 11) is 1.66. The summed E-state index contributed by atoms with van der Waals surface area (Å²) < 4.78 is 5.05. The first-order valence-corrected chi connectivity index (χ1v) is 8.84. The van der Waals surface area contributed by atoms with Gasteiger partial charge < -0.3 is 14.7 Å². The monoisotopic (exact) mass is 391 g/mol. The number of carbonyl (C=O) groups is 2. The molecule has 0 aliphatic carbocycles. The Morgan fingerprint density at radius 2 is 2.04 bits per heavy atom. The number of nitrogens with zero attached hydrogens (tertiary/aromatic N) is 2. The smallest absolute Gasteiger partial charge is 0.412 e. The number of aryl methyl sites for hydroxylation is 1. The minimum atomic E-state index is -0.656. The number of halogens is 1. The fourth-order valence-corrected chi connectivity index (χ4v) is 2.50. The molecule has 0 aliphatic heterocycles. The van der Waals surface area contributed by atoms with Crippen LogP contribution < -0.4 is 5.32 Å². The molecule has 144 valence electrons. The van der Waals surface area contributed by atoms with Gasteiger partial charge >= 0.3 is 6.09 Å². The van der Waals surface area contributed by atoms with Crippen LogP contribution in [0.25, 0.3) is 0 Å². The molecule has 0 atom stereocenters. The molecular weight excluding hydrogens is 370 g/mol. The summed E-state index contributed by atoms with van der Waals surface area (Å²) in [6, 6.07) is 10.6. The summed E-state index contributed by atoms with van der Waals surface area (Å²) in [6.45, 7) is 0.231. The molecule has 1 heterocycles. The van der Waals surface area contributed by atoms with Crippen LogP contribution in [0.1, 0.15) is 17.5 Å². The number of hydrogen-bond acceptors (Lipinski definition) is 5. The van der Waals surface area contributed by atoms with E-state index in [9.17, 15) is 9.59 Å². The van der Waals surface area contributed by atoms with E-state index in [4.69, 9.17) is 21.4 Å². The first-order chi connectivity index (χ1) is 13.0. The fourth-order valence-electron chi connectivity index (χ4n) is 2.27. The lowest BCUT2D eigenvalue weighted by Crippen LogP contribution is -2.31. The maximum atomic E-state index is 12.2. The Balaban J connectivity index is 1.68. The van der Waals surface area contributed by atoms with E-state index in [0.717, 1.165) is 5.56 Å². The van der Waals surface area contributed by atoms with Crippen LogP contribution in [0.5, 0.6) is 0 Å². The van der Waals surface area contributed by atoms with Gasteiger partial charge in [-0.3, -0.25) is 10.1 Å². The molecule has 7 nitrogen and oxygen atoms in total. The van der Waals surface area contributed by atoms with Gasteiger partial charge in [0.25, 0.3) is 0 Å². The number of likely N-dealkylation sites (N-methyl/N-ethyl adjacent to an activating group) is 1. The van der Waals surface area contributed by atoms with Gasteiger partial charge in [-0.05, 0) is 29.7 Å². The Morgan fingerprint density at radius 1 is 1.26 bits per heavy atom. The van der Waals surface area contributed by atoms with Crippen molar-refractivity contribution in [3.05, 3.63) is 58.7 Å². The van der Waals surface area contributed by atoms with Crippen molar-refractivity contribution in [2.45, 2.75) is 19.4 Å². The Kier molecular flexibility index (Phi) is 8.03. The van der Waals surface area contributed by atoms with E-state index in [1.165, 1.54) is 11.1 Å². The SMILES string of the molecule is CN(CCOC(=O)Nc1ccc(CO)cn1)C(=O)CCc1ccccc1Cl.